The highest BCUT2D eigenvalue weighted by Crippen LogP contribution is 2.40. The van der Waals surface area contributed by atoms with Crippen molar-refractivity contribution in [3.8, 4) is 39.1 Å². The quantitative estimate of drug-likeness (QED) is 0.151. The summed E-state index contributed by atoms with van der Waals surface area (Å²) in [5, 5.41) is 4.83. The maximum Gasteiger partial charge on any atom is 0.367 e. The van der Waals surface area contributed by atoms with Gasteiger partial charge in [0.2, 0.25) is 0 Å². The molecule has 1 aliphatic heterocycles. The average molecular weight is 766 g/mol. The zero-order valence-electron chi connectivity index (χ0n) is 32.7. The normalized spacial score (nSPS) is 12.7. The molecule has 0 unspecified atom stereocenters. The molecule has 0 saturated carbocycles. The molecule has 9 aromatic carbocycles. The first-order valence-electron chi connectivity index (χ1n) is 20.5. The summed E-state index contributed by atoms with van der Waals surface area (Å²) in [5.41, 5.74) is 15.0. The number of aromatic nitrogens is 2. The van der Waals surface area contributed by atoms with Crippen molar-refractivity contribution in [3.63, 3.8) is 0 Å². The fraction of sp³-hybridized carbons (Fsp3) is 0. The van der Waals surface area contributed by atoms with Gasteiger partial charge in [0.1, 0.15) is 11.0 Å². The molecule has 0 fully saturated rings. The van der Waals surface area contributed by atoms with Crippen LogP contribution in [0.1, 0.15) is 5.56 Å². The SMILES string of the molecule is c1ccc(C2=[N+](c3ccccc3)C(n3c4ccc(-c5ccccc5)cc4c4cc(-c5ccc6c(c5)c5cc(-c7ccccc7)ccc5n6-c5ccccc5)ccc43)=N2)cc1. The number of para-hydroxylation sites is 2. The van der Waals surface area contributed by atoms with Gasteiger partial charge in [0, 0.05) is 32.8 Å². The van der Waals surface area contributed by atoms with Gasteiger partial charge in [-0.2, -0.15) is 4.58 Å². The van der Waals surface area contributed by atoms with Gasteiger partial charge in [-0.1, -0.05) is 145 Å². The van der Waals surface area contributed by atoms with E-state index in [0.29, 0.717) is 0 Å². The van der Waals surface area contributed by atoms with E-state index in [1.807, 2.05) is 0 Å². The van der Waals surface area contributed by atoms with Crippen LogP contribution in [-0.4, -0.2) is 25.5 Å². The van der Waals surface area contributed by atoms with Crippen LogP contribution in [0.15, 0.2) is 229 Å². The number of rotatable bonds is 6. The maximum absolute atomic E-state index is 5.29. The van der Waals surface area contributed by atoms with E-state index in [1.54, 1.807) is 0 Å². The first-order valence-corrected chi connectivity index (χ1v) is 20.5. The Bertz CT molecular complexity index is 3490. The van der Waals surface area contributed by atoms with E-state index >= 15 is 0 Å². The van der Waals surface area contributed by atoms with Crippen LogP contribution < -0.4 is 0 Å². The van der Waals surface area contributed by atoms with Crippen molar-refractivity contribution in [1.29, 1.82) is 0 Å². The molecular formula is C56H37N4+. The Morgan fingerprint density at radius 1 is 0.300 bits per heavy atom. The molecule has 280 valence electrons. The van der Waals surface area contributed by atoms with Crippen LogP contribution >= 0.6 is 0 Å². The zero-order chi connectivity index (χ0) is 39.6. The standard InChI is InChI=1S/C56H37N4/c1-6-16-38(17-7-1)41-26-30-51-47(34-41)48-36-43(28-31-52(48)58(51)45-22-12-4-13-23-45)44-29-33-54-50(37-44)49-35-42(39-18-8-2-9-19-39)27-32-53(49)60(54)56-57-55(40-20-10-3-11-21-40)59(56)46-24-14-5-15-25-46/h1-37H/q+1. The molecule has 60 heavy (non-hydrogen) atoms. The van der Waals surface area contributed by atoms with Crippen molar-refractivity contribution >= 4 is 61.1 Å². The van der Waals surface area contributed by atoms with Crippen molar-refractivity contribution in [2.24, 2.45) is 4.99 Å². The third-order valence-corrected chi connectivity index (χ3v) is 12.0. The number of nitrogens with zero attached hydrogens (tertiary/aromatic N) is 4. The molecule has 0 N–H and O–H groups in total. The molecule has 12 rings (SSSR count). The number of aliphatic imine (C=N–C) groups is 1. The number of fused-ring (bicyclic) bond motifs is 6. The van der Waals surface area contributed by atoms with Crippen LogP contribution in [0.25, 0.3) is 82.7 Å². The van der Waals surface area contributed by atoms with Gasteiger partial charge in [-0.25, -0.2) is 4.57 Å². The molecule has 2 aromatic heterocycles. The minimum Gasteiger partial charge on any atom is -0.309 e. The van der Waals surface area contributed by atoms with E-state index in [0.717, 1.165) is 39.8 Å². The van der Waals surface area contributed by atoms with Gasteiger partial charge in [-0.3, -0.25) is 0 Å². The summed E-state index contributed by atoms with van der Waals surface area (Å²) in [5.74, 6) is 1.81. The Morgan fingerprint density at radius 3 is 1.08 bits per heavy atom. The number of hydrogen-bond acceptors (Lipinski definition) is 1. The maximum atomic E-state index is 5.29. The Balaban J connectivity index is 1.07. The first-order chi connectivity index (χ1) is 29.8. The molecule has 3 heterocycles. The van der Waals surface area contributed by atoms with E-state index in [2.05, 4.69) is 238 Å². The lowest BCUT2D eigenvalue weighted by Crippen LogP contribution is -2.38. The zero-order valence-corrected chi connectivity index (χ0v) is 32.7. The molecule has 4 heteroatoms. The highest BCUT2D eigenvalue weighted by atomic mass is 15.4. The van der Waals surface area contributed by atoms with Crippen LogP contribution in [-0.2, 0) is 0 Å². The van der Waals surface area contributed by atoms with Crippen molar-refractivity contribution in [1.82, 2.24) is 9.13 Å². The first kappa shape index (κ1) is 34.0. The molecule has 0 bridgehead atoms. The summed E-state index contributed by atoms with van der Waals surface area (Å²) >= 11 is 0. The van der Waals surface area contributed by atoms with Crippen molar-refractivity contribution in [2.45, 2.75) is 0 Å². The van der Waals surface area contributed by atoms with Crippen LogP contribution in [0.3, 0.4) is 0 Å². The molecule has 0 atom stereocenters. The third kappa shape index (κ3) is 5.46. The predicted molar refractivity (Wildman–Crippen MR) is 250 cm³/mol. The summed E-state index contributed by atoms with van der Waals surface area (Å²) < 4.78 is 7.02. The van der Waals surface area contributed by atoms with Crippen LogP contribution in [0.5, 0.6) is 0 Å². The van der Waals surface area contributed by atoms with Gasteiger partial charge in [0.25, 0.3) is 5.84 Å². The summed E-state index contributed by atoms with van der Waals surface area (Å²) in [7, 11) is 0. The van der Waals surface area contributed by atoms with Crippen molar-refractivity contribution in [3.05, 3.63) is 230 Å². The molecular weight excluding hydrogens is 729 g/mol. The highest BCUT2D eigenvalue weighted by molar-refractivity contribution is 6.20. The Morgan fingerprint density at radius 2 is 0.650 bits per heavy atom. The largest absolute Gasteiger partial charge is 0.367 e. The van der Waals surface area contributed by atoms with Gasteiger partial charge in [0.15, 0.2) is 0 Å². The fourth-order valence-electron chi connectivity index (χ4n) is 9.09. The molecule has 0 spiro atoms. The summed E-state index contributed by atoms with van der Waals surface area (Å²) in [6, 6.07) is 80.7. The van der Waals surface area contributed by atoms with Gasteiger partial charge in [0.05, 0.1) is 16.7 Å². The number of benzene rings is 9. The monoisotopic (exact) mass is 765 g/mol. The van der Waals surface area contributed by atoms with Gasteiger partial charge < -0.3 is 4.57 Å². The summed E-state index contributed by atoms with van der Waals surface area (Å²) in [6.07, 6.45) is 0. The minimum atomic E-state index is 0.879. The molecule has 4 nitrogen and oxygen atoms in total. The molecule has 0 amide bonds. The second-order valence-electron chi connectivity index (χ2n) is 15.4. The smallest absolute Gasteiger partial charge is 0.309 e. The Labute approximate surface area is 347 Å². The molecule has 0 radical (unpaired) electrons. The molecule has 11 aromatic rings. The lowest BCUT2D eigenvalue weighted by atomic mass is 9.98. The number of hydrogen-bond donors (Lipinski definition) is 0. The summed E-state index contributed by atoms with van der Waals surface area (Å²) in [6.45, 7) is 0. The second kappa shape index (κ2) is 13.8. The molecule has 1 aliphatic rings. The van der Waals surface area contributed by atoms with Gasteiger partial charge in [-0.15, -0.1) is 0 Å². The summed E-state index contributed by atoms with van der Waals surface area (Å²) in [4.78, 5) is 5.29. The average Bonchev–Trinajstić information content (AvgIpc) is 3.81. The topological polar surface area (TPSA) is 25.2 Å². The van der Waals surface area contributed by atoms with Crippen molar-refractivity contribution < 1.29 is 4.58 Å². The second-order valence-corrected chi connectivity index (χ2v) is 15.4. The van der Waals surface area contributed by atoms with E-state index in [1.165, 1.54) is 66.0 Å². The van der Waals surface area contributed by atoms with Gasteiger partial charge in [-0.05, 0) is 118 Å². The molecule has 0 aliphatic carbocycles. The van der Waals surface area contributed by atoms with Crippen LogP contribution in [0.4, 0.5) is 5.69 Å². The van der Waals surface area contributed by atoms with E-state index in [-0.39, 0.29) is 0 Å². The Kier molecular flexibility index (Phi) is 7.82. The highest BCUT2D eigenvalue weighted by Gasteiger charge is 2.35. The number of amidine groups is 1. The van der Waals surface area contributed by atoms with E-state index in [4.69, 9.17) is 4.99 Å². The molecule has 0 saturated heterocycles. The fourth-order valence-corrected chi connectivity index (χ4v) is 9.09. The van der Waals surface area contributed by atoms with Gasteiger partial charge >= 0.3 is 5.96 Å². The van der Waals surface area contributed by atoms with E-state index < -0.39 is 0 Å². The lowest BCUT2D eigenvalue weighted by Gasteiger charge is -2.21. The predicted octanol–water partition coefficient (Wildman–Crippen LogP) is 13.9. The minimum absolute atomic E-state index is 0.879. The van der Waals surface area contributed by atoms with E-state index in [9.17, 15) is 0 Å². The lowest BCUT2D eigenvalue weighted by molar-refractivity contribution is -0.325. The Hall–Kier alpha value is -8.08. The van der Waals surface area contributed by atoms with Crippen molar-refractivity contribution in [2.75, 3.05) is 0 Å². The third-order valence-electron chi connectivity index (χ3n) is 12.0. The van der Waals surface area contributed by atoms with Crippen LogP contribution in [0, 0.1) is 0 Å². The van der Waals surface area contributed by atoms with Crippen LogP contribution in [0.2, 0.25) is 0 Å².